The maximum absolute atomic E-state index is 12.4. The Bertz CT molecular complexity index is 950. The summed E-state index contributed by atoms with van der Waals surface area (Å²) in [6.45, 7) is 2.34. The molecule has 1 amide bonds. The third-order valence-electron chi connectivity index (χ3n) is 4.95. The van der Waals surface area contributed by atoms with Gasteiger partial charge in [-0.25, -0.2) is 4.68 Å². The summed E-state index contributed by atoms with van der Waals surface area (Å²) in [5, 5.41) is 12.8. The summed E-state index contributed by atoms with van der Waals surface area (Å²) in [6, 6.07) is 15.7. The molecule has 0 N–H and O–H groups in total. The molecule has 2 heterocycles. The summed E-state index contributed by atoms with van der Waals surface area (Å²) in [5.41, 5.74) is 2.99. The van der Waals surface area contributed by atoms with E-state index in [4.69, 9.17) is 4.74 Å². The number of amides is 1. The minimum absolute atomic E-state index is 0.130. The van der Waals surface area contributed by atoms with Crippen LogP contribution in [0.5, 0.6) is 5.75 Å². The van der Waals surface area contributed by atoms with Gasteiger partial charge in [0.05, 0.1) is 13.7 Å². The minimum Gasteiger partial charge on any atom is -0.497 e. The van der Waals surface area contributed by atoms with Crippen LogP contribution in [0.4, 0.5) is 0 Å². The predicted molar refractivity (Wildman–Crippen MR) is 111 cm³/mol. The van der Waals surface area contributed by atoms with Gasteiger partial charge in [-0.1, -0.05) is 36.0 Å². The fourth-order valence-electron chi connectivity index (χ4n) is 3.30. The van der Waals surface area contributed by atoms with E-state index in [0.29, 0.717) is 6.54 Å². The zero-order valence-electron chi connectivity index (χ0n) is 16.3. The number of thioether (sulfide) groups is 1. The van der Waals surface area contributed by atoms with Gasteiger partial charge in [-0.15, -0.1) is 5.10 Å². The molecule has 1 saturated heterocycles. The first-order valence-electron chi connectivity index (χ1n) is 9.63. The molecule has 0 radical (unpaired) electrons. The number of methoxy groups -OCH3 is 1. The van der Waals surface area contributed by atoms with E-state index in [1.165, 1.54) is 0 Å². The number of rotatable bonds is 7. The van der Waals surface area contributed by atoms with E-state index in [1.807, 2.05) is 53.4 Å². The second-order valence-corrected chi connectivity index (χ2v) is 7.89. The van der Waals surface area contributed by atoms with Gasteiger partial charge in [0, 0.05) is 24.4 Å². The van der Waals surface area contributed by atoms with Crippen molar-refractivity contribution in [3.8, 4) is 5.75 Å². The number of benzene rings is 2. The number of hydrogen-bond acceptors (Lipinski definition) is 6. The largest absolute Gasteiger partial charge is 0.497 e. The van der Waals surface area contributed by atoms with Crippen molar-refractivity contribution in [1.82, 2.24) is 25.1 Å². The lowest BCUT2D eigenvalue weighted by atomic mass is 10.1. The van der Waals surface area contributed by atoms with Crippen molar-refractivity contribution in [3.63, 3.8) is 0 Å². The van der Waals surface area contributed by atoms with E-state index >= 15 is 0 Å². The lowest BCUT2D eigenvalue weighted by Gasteiger charge is -2.15. The van der Waals surface area contributed by atoms with E-state index in [9.17, 15) is 4.79 Å². The van der Waals surface area contributed by atoms with Crippen LogP contribution in [0.25, 0.3) is 0 Å². The zero-order valence-corrected chi connectivity index (χ0v) is 17.1. The Kier molecular flexibility index (Phi) is 6.09. The topological polar surface area (TPSA) is 73.1 Å². The molecule has 3 aromatic rings. The molecule has 0 saturated carbocycles. The van der Waals surface area contributed by atoms with Crippen LogP contribution in [-0.4, -0.2) is 51.2 Å². The van der Waals surface area contributed by atoms with Crippen LogP contribution in [0, 0.1) is 0 Å². The van der Waals surface area contributed by atoms with E-state index in [1.54, 1.807) is 23.6 Å². The number of hydrogen-bond donors (Lipinski definition) is 0. The summed E-state index contributed by atoms with van der Waals surface area (Å²) in [6.07, 6.45) is 2.21. The van der Waals surface area contributed by atoms with Crippen LogP contribution in [-0.2, 0) is 12.3 Å². The van der Waals surface area contributed by atoms with Crippen molar-refractivity contribution >= 4 is 17.7 Å². The van der Waals surface area contributed by atoms with Crippen molar-refractivity contribution in [2.24, 2.45) is 0 Å². The van der Waals surface area contributed by atoms with Gasteiger partial charge in [0.2, 0.25) is 5.16 Å². The molecule has 1 fully saturated rings. The van der Waals surface area contributed by atoms with Crippen molar-refractivity contribution in [2.45, 2.75) is 30.3 Å². The van der Waals surface area contributed by atoms with Gasteiger partial charge in [-0.3, -0.25) is 4.79 Å². The molecule has 2 aromatic carbocycles. The number of carbonyl (C=O) groups excluding carboxylic acids is 1. The number of tetrazole rings is 1. The van der Waals surface area contributed by atoms with Gasteiger partial charge >= 0.3 is 0 Å². The molecular formula is C21H23N5O2S. The molecule has 1 aliphatic heterocycles. The average molecular weight is 410 g/mol. The number of carbonyl (C=O) groups is 1. The minimum atomic E-state index is 0.130. The molecule has 1 aromatic heterocycles. The summed E-state index contributed by atoms with van der Waals surface area (Å²) in [5.74, 6) is 1.69. The van der Waals surface area contributed by atoms with Gasteiger partial charge < -0.3 is 9.64 Å². The van der Waals surface area contributed by atoms with Crippen LogP contribution < -0.4 is 4.74 Å². The first kappa shape index (κ1) is 19.4. The molecule has 150 valence electrons. The number of nitrogens with zero attached hydrogens (tertiary/aromatic N) is 5. The lowest BCUT2D eigenvalue weighted by molar-refractivity contribution is 0.0793. The van der Waals surface area contributed by atoms with Crippen LogP contribution in [0.15, 0.2) is 53.7 Å². The van der Waals surface area contributed by atoms with Gasteiger partial charge in [0.15, 0.2) is 0 Å². The van der Waals surface area contributed by atoms with Gasteiger partial charge in [0.25, 0.3) is 5.91 Å². The van der Waals surface area contributed by atoms with E-state index in [-0.39, 0.29) is 5.91 Å². The van der Waals surface area contributed by atoms with Crippen LogP contribution in [0.3, 0.4) is 0 Å². The molecule has 8 heteroatoms. The summed E-state index contributed by atoms with van der Waals surface area (Å²) in [4.78, 5) is 14.4. The SMILES string of the molecule is COc1ccc(Cn2nnnc2SCc2ccc(C(=O)N3CCCC3)cc2)cc1. The Balaban J connectivity index is 1.35. The van der Waals surface area contributed by atoms with Gasteiger partial charge in [-0.05, 0) is 58.7 Å². The van der Waals surface area contributed by atoms with Crippen LogP contribution >= 0.6 is 11.8 Å². The zero-order chi connectivity index (χ0) is 20.1. The highest BCUT2D eigenvalue weighted by atomic mass is 32.2. The van der Waals surface area contributed by atoms with Gasteiger partial charge in [-0.2, -0.15) is 0 Å². The highest BCUT2D eigenvalue weighted by Gasteiger charge is 2.19. The third kappa shape index (κ3) is 4.76. The molecule has 0 aliphatic carbocycles. The summed E-state index contributed by atoms with van der Waals surface area (Å²) >= 11 is 1.58. The van der Waals surface area contributed by atoms with Crippen molar-refractivity contribution in [1.29, 1.82) is 0 Å². The van der Waals surface area contributed by atoms with E-state index in [0.717, 1.165) is 59.3 Å². The van der Waals surface area contributed by atoms with Crippen molar-refractivity contribution in [3.05, 3.63) is 65.2 Å². The Morgan fingerprint density at radius 3 is 2.41 bits per heavy atom. The Hall–Kier alpha value is -2.87. The molecule has 0 bridgehead atoms. The molecule has 29 heavy (non-hydrogen) atoms. The molecular weight excluding hydrogens is 386 g/mol. The smallest absolute Gasteiger partial charge is 0.253 e. The predicted octanol–water partition coefficient (Wildman–Crippen LogP) is 3.26. The molecule has 0 spiro atoms. The first-order chi connectivity index (χ1) is 14.2. The summed E-state index contributed by atoms with van der Waals surface area (Å²) < 4.78 is 6.98. The Labute approximate surface area is 174 Å². The number of aromatic nitrogens is 4. The van der Waals surface area contributed by atoms with Gasteiger partial charge in [0.1, 0.15) is 5.75 Å². The second kappa shape index (κ2) is 9.09. The quantitative estimate of drug-likeness (QED) is 0.558. The average Bonchev–Trinajstić information content (AvgIpc) is 3.45. The van der Waals surface area contributed by atoms with Crippen LogP contribution in [0.2, 0.25) is 0 Å². The highest BCUT2D eigenvalue weighted by molar-refractivity contribution is 7.98. The first-order valence-corrected chi connectivity index (χ1v) is 10.6. The molecule has 1 aliphatic rings. The molecule has 4 rings (SSSR count). The summed E-state index contributed by atoms with van der Waals surface area (Å²) in [7, 11) is 1.65. The molecule has 7 nitrogen and oxygen atoms in total. The Morgan fingerprint density at radius 2 is 1.72 bits per heavy atom. The highest BCUT2D eigenvalue weighted by Crippen LogP contribution is 2.22. The third-order valence-corrected chi connectivity index (χ3v) is 5.98. The maximum atomic E-state index is 12.4. The molecule has 0 atom stereocenters. The van der Waals surface area contributed by atoms with E-state index < -0.39 is 0 Å². The fraction of sp³-hybridized carbons (Fsp3) is 0.333. The second-order valence-electron chi connectivity index (χ2n) is 6.95. The standard InChI is InChI=1S/C21H23N5O2S/c1-28-19-10-6-16(7-11-19)14-26-21(22-23-24-26)29-15-17-4-8-18(9-5-17)20(27)25-12-2-3-13-25/h4-11H,2-3,12-15H2,1H3. The fourth-order valence-corrected chi connectivity index (χ4v) is 4.13. The van der Waals surface area contributed by atoms with E-state index in [2.05, 4.69) is 15.5 Å². The normalized spacial score (nSPS) is 13.6. The van der Waals surface area contributed by atoms with Crippen molar-refractivity contribution in [2.75, 3.05) is 20.2 Å². The van der Waals surface area contributed by atoms with Crippen LogP contribution in [0.1, 0.15) is 34.3 Å². The lowest BCUT2D eigenvalue weighted by Crippen LogP contribution is -2.27. The maximum Gasteiger partial charge on any atom is 0.253 e. The Morgan fingerprint density at radius 1 is 1.03 bits per heavy atom. The van der Waals surface area contributed by atoms with Crippen molar-refractivity contribution < 1.29 is 9.53 Å². The number of ether oxygens (including phenoxy) is 1. The molecule has 0 unspecified atom stereocenters. The number of likely N-dealkylation sites (tertiary alicyclic amines) is 1. The monoisotopic (exact) mass is 409 g/mol.